The molecule has 0 aliphatic rings. The molecule has 0 amide bonds. The molecule has 5 heteroatoms. The first-order chi connectivity index (χ1) is 7.67. The Bertz CT molecular complexity index is 332. The summed E-state index contributed by atoms with van der Waals surface area (Å²) in [7, 11) is 1.51. The van der Waals surface area contributed by atoms with Gasteiger partial charge in [0.25, 0.3) is 6.43 Å². The van der Waals surface area contributed by atoms with Gasteiger partial charge in [0.1, 0.15) is 18.1 Å². The highest BCUT2D eigenvalue weighted by molar-refractivity contribution is 5.41. The summed E-state index contributed by atoms with van der Waals surface area (Å²) in [6.07, 6.45) is -1.90. The number of methoxy groups -OCH3 is 1. The van der Waals surface area contributed by atoms with Crippen molar-refractivity contribution < 1.29 is 18.3 Å². The summed E-state index contributed by atoms with van der Waals surface area (Å²) in [6.45, 7) is -0.178. The summed E-state index contributed by atoms with van der Waals surface area (Å²) >= 11 is 0. The molecule has 0 saturated carbocycles. The minimum Gasteiger partial charge on any atom is -0.497 e. The first-order valence-corrected chi connectivity index (χ1v) is 4.95. The molecule has 1 aromatic carbocycles. The minimum atomic E-state index is -2.49. The van der Waals surface area contributed by atoms with E-state index in [1.165, 1.54) is 7.11 Å². The zero-order valence-corrected chi connectivity index (χ0v) is 9.08. The molecule has 0 bridgehead atoms. The van der Waals surface area contributed by atoms with Crippen molar-refractivity contribution in [2.24, 2.45) is 5.73 Å². The number of hydrogen-bond acceptors (Lipinski definition) is 3. The zero-order chi connectivity index (χ0) is 12.0. The lowest BCUT2D eigenvalue weighted by molar-refractivity contribution is 0.0813. The van der Waals surface area contributed by atoms with E-state index in [0.29, 0.717) is 24.5 Å². The molecule has 0 fully saturated rings. The summed E-state index contributed by atoms with van der Waals surface area (Å²) in [5, 5.41) is 0. The van der Waals surface area contributed by atoms with E-state index in [9.17, 15) is 8.78 Å². The highest BCUT2D eigenvalue weighted by atomic mass is 19.3. The molecule has 0 radical (unpaired) electrons. The van der Waals surface area contributed by atoms with E-state index >= 15 is 0 Å². The fourth-order valence-electron chi connectivity index (χ4n) is 1.31. The number of rotatable bonds is 6. The van der Waals surface area contributed by atoms with E-state index < -0.39 is 13.0 Å². The van der Waals surface area contributed by atoms with Crippen molar-refractivity contribution in [3.8, 4) is 11.5 Å². The molecule has 2 N–H and O–H groups in total. The third-order valence-electron chi connectivity index (χ3n) is 2.05. The van der Waals surface area contributed by atoms with Gasteiger partial charge in [0, 0.05) is 6.07 Å². The van der Waals surface area contributed by atoms with Gasteiger partial charge in [-0.15, -0.1) is 0 Å². The van der Waals surface area contributed by atoms with Crippen LogP contribution >= 0.6 is 0 Å². The number of nitrogens with two attached hydrogens (primary N) is 1. The van der Waals surface area contributed by atoms with Crippen LogP contribution < -0.4 is 15.2 Å². The topological polar surface area (TPSA) is 44.5 Å². The summed E-state index contributed by atoms with van der Waals surface area (Å²) in [4.78, 5) is 0. The van der Waals surface area contributed by atoms with Crippen LogP contribution in [0.5, 0.6) is 11.5 Å². The second-order valence-corrected chi connectivity index (χ2v) is 3.21. The lowest BCUT2D eigenvalue weighted by Crippen LogP contribution is -2.10. The molecule has 16 heavy (non-hydrogen) atoms. The molecule has 90 valence electrons. The lowest BCUT2D eigenvalue weighted by Gasteiger charge is -2.12. The van der Waals surface area contributed by atoms with Crippen molar-refractivity contribution in [1.29, 1.82) is 0 Å². The van der Waals surface area contributed by atoms with E-state index in [2.05, 4.69) is 0 Å². The van der Waals surface area contributed by atoms with Gasteiger partial charge < -0.3 is 15.2 Å². The van der Waals surface area contributed by atoms with Gasteiger partial charge in [-0.1, -0.05) is 6.07 Å². The first kappa shape index (κ1) is 12.7. The van der Waals surface area contributed by atoms with Gasteiger partial charge in [0.2, 0.25) is 0 Å². The van der Waals surface area contributed by atoms with Gasteiger partial charge in [0.05, 0.1) is 7.11 Å². The maximum Gasteiger partial charge on any atom is 0.272 e. The number of alkyl halides is 2. The van der Waals surface area contributed by atoms with Crippen LogP contribution in [0.2, 0.25) is 0 Å². The maximum atomic E-state index is 12.0. The standard InChI is InChI=1S/C11H15F2NO2/c1-15-9-3-2-8(4-5-14)10(6-9)16-7-11(12)13/h2-3,6,11H,4-5,7,14H2,1H3. The fraction of sp³-hybridized carbons (Fsp3) is 0.455. The van der Waals surface area contributed by atoms with E-state index in [1.54, 1.807) is 18.2 Å². The van der Waals surface area contributed by atoms with Gasteiger partial charge >= 0.3 is 0 Å². The summed E-state index contributed by atoms with van der Waals surface area (Å²) in [5.41, 5.74) is 6.23. The van der Waals surface area contributed by atoms with Gasteiger partial charge in [-0.25, -0.2) is 8.78 Å². The third-order valence-corrected chi connectivity index (χ3v) is 2.05. The Balaban J connectivity index is 2.82. The highest BCUT2D eigenvalue weighted by Gasteiger charge is 2.08. The average Bonchev–Trinajstić information content (AvgIpc) is 2.28. The van der Waals surface area contributed by atoms with Crippen molar-refractivity contribution in [2.45, 2.75) is 12.8 Å². The molecule has 0 unspecified atom stereocenters. The highest BCUT2D eigenvalue weighted by Crippen LogP contribution is 2.25. The second kappa shape index (κ2) is 6.27. The van der Waals surface area contributed by atoms with Crippen molar-refractivity contribution in [3.63, 3.8) is 0 Å². The fourth-order valence-corrected chi connectivity index (χ4v) is 1.31. The van der Waals surface area contributed by atoms with Crippen LogP contribution in [0.1, 0.15) is 5.56 Å². The van der Waals surface area contributed by atoms with Crippen LogP contribution in [0.4, 0.5) is 8.78 Å². The summed E-state index contributed by atoms with van der Waals surface area (Å²) < 4.78 is 34.1. The van der Waals surface area contributed by atoms with E-state index in [4.69, 9.17) is 15.2 Å². The third kappa shape index (κ3) is 3.66. The Morgan fingerprint density at radius 3 is 2.69 bits per heavy atom. The molecule has 1 rings (SSSR count). The molecule has 0 atom stereocenters. The smallest absolute Gasteiger partial charge is 0.272 e. The van der Waals surface area contributed by atoms with Crippen molar-refractivity contribution >= 4 is 0 Å². The van der Waals surface area contributed by atoms with Crippen molar-refractivity contribution in [3.05, 3.63) is 23.8 Å². The Labute approximate surface area is 93.2 Å². The van der Waals surface area contributed by atoms with Crippen molar-refractivity contribution in [1.82, 2.24) is 0 Å². The molecule has 0 aromatic heterocycles. The van der Waals surface area contributed by atoms with Crippen LogP contribution in [0.3, 0.4) is 0 Å². The monoisotopic (exact) mass is 231 g/mol. The Morgan fingerprint density at radius 1 is 1.38 bits per heavy atom. The van der Waals surface area contributed by atoms with Crippen LogP contribution in [0, 0.1) is 0 Å². The number of ether oxygens (including phenoxy) is 2. The SMILES string of the molecule is COc1ccc(CCN)c(OCC(F)F)c1. The minimum absolute atomic E-state index is 0.408. The predicted molar refractivity (Wildman–Crippen MR) is 57.3 cm³/mol. The predicted octanol–water partition coefficient (Wildman–Crippen LogP) is 1.84. The molecule has 0 spiro atoms. The quantitative estimate of drug-likeness (QED) is 0.812. The molecular formula is C11H15F2NO2. The zero-order valence-electron chi connectivity index (χ0n) is 9.08. The molecule has 1 aromatic rings. The van der Waals surface area contributed by atoms with Gasteiger partial charge in [-0.2, -0.15) is 0 Å². The first-order valence-electron chi connectivity index (χ1n) is 4.95. The number of hydrogen-bond donors (Lipinski definition) is 1. The lowest BCUT2D eigenvalue weighted by atomic mass is 10.1. The summed E-state index contributed by atoms with van der Waals surface area (Å²) in [5.74, 6) is 0.982. The normalized spacial score (nSPS) is 10.6. The average molecular weight is 231 g/mol. The molecule has 3 nitrogen and oxygen atoms in total. The van der Waals surface area contributed by atoms with Crippen LogP contribution in [-0.2, 0) is 6.42 Å². The molecule has 0 saturated heterocycles. The largest absolute Gasteiger partial charge is 0.497 e. The Kier molecular flexibility index (Phi) is 4.98. The summed E-state index contributed by atoms with van der Waals surface area (Å²) in [6, 6.07) is 5.11. The number of benzene rings is 1. The Hall–Kier alpha value is -1.36. The molecule has 0 aliphatic carbocycles. The van der Waals surface area contributed by atoms with Crippen LogP contribution in [-0.4, -0.2) is 26.7 Å². The van der Waals surface area contributed by atoms with E-state index in [1.807, 2.05) is 0 Å². The second-order valence-electron chi connectivity index (χ2n) is 3.21. The molecule has 0 aliphatic heterocycles. The van der Waals surface area contributed by atoms with E-state index in [-0.39, 0.29) is 0 Å². The van der Waals surface area contributed by atoms with Gasteiger partial charge in [0.15, 0.2) is 0 Å². The molecular weight excluding hydrogens is 216 g/mol. The van der Waals surface area contributed by atoms with Gasteiger partial charge in [-0.3, -0.25) is 0 Å². The maximum absolute atomic E-state index is 12.0. The van der Waals surface area contributed by atoms with Gasteiger partial charge in [-0.05, 0) is 24.6 Å². The Morgan fingerprint density at radius 2 is 2.12 bits per heavy atom. The molecule has 0 heterocycles. The van der Waals surface area contributed by atoms with Crippen molar-refractivity contribution in [2.75, 3.05) is 20.3 Å². The van der Waals surface area contributed by atoms with Crippen LogP contribution in [0.15, 0.2) is 18.2 Å². The van der Waals surface area contributed by atoms with Crippen LogP contribution in [0.25, 0.3) is 0 Å². The number of halogens is 2. The van der Waals surface area contributed by atoms with E-state index in [0.717, 1.165) is 5.56 Å².